The van der Waals surface area contributed by atoms with Crippen molar-refractivity contribution in [1.29, 1.82) is 0 Å². The standard InChI is InChI=1S/C17H25N3O2/c1-3-12(2)16(18)17(22)19-11-15(21)20-10-6-8-13-7-4-5-9-14(13)20/h4-5,7,9,12,16H,3,6,8,10-11,18H2,1-2H3,(H,19,22). The third-order valence-corrected chi connectivity index (χ3v) is 4.38. The molecule has 22 heavy (non-hydrogen) atoms. The van der Waals surface area contributed by atoms with Crippen molar-refractivity contribution >= 4 is 17.5 Å². The Bertz CT molecular complexity index is 544. The second-order valence-electron chi connectivity index (χ2n) is 5.91. The number of anilines is 1. The Kier molecular flexibility index (Phi) is 5.55. The molecular formula is C17H25N3O2. The van der Waals surface area contributed by atoms with Gasteiger partial charge >= 0.3 is 0 Å². The lowest BCUT2D eigenvalue weighted by Crippen LogP contribution is -2.49. The van der Waals surface area contributed by atoms with Gasteiger partial charge in [0.1, 0.15) is 0 Å². The monoisotopic (exact) mass is 303 g/mol. The molecule has 0 aromatic heterocycles. The van der Waals surface area contributed by atoms with Gasteiger partial charge in [-0.05, 0) is 30.4 Å². The first-order valence-electron chi connectivity index (χ1n) is 7.96. The number of fused-ring (bicyclic) bond motifs is 1. The number of hydrogen-bond donors (Lipinski definition) is 2. The van der Waals surface area contributed by atoms with E-state index in [0.29, 0.717) is 6.54 Å². The van der Waals surface area contributed by atoms with Crippen molar-refractivity contribution in [3.05, 3.63) is 29.8 Å². The van der Waals surface area contributed by atoms with Crippen molar-refractivity contribution in [1.82, 2.24) is 5.32 Å². The molecule has 0 saturated heterocycles. The lowest BCUT2D eigenvalue weighted by atomic mass is 9.99. The molecule has 2 amide bonds. The molecule has 0 bridgehead atoms. The summed E-state index contributed by atoms with van der Waals surface area (Å²) in [4.78, 5) is 26.1. The van der Waals surface area contributed by atoms with Crippen molar-refractivity contribution in [2.45, 2.75) is 39.2 Å². The summed E-state index contributed by atoms with van der Waals surface area (Å²) in [6.45, 7) is 4.63. The number of nitrogens with one attached hydrogen (secondary N) is 1. The number of para-hydroxylation sites is 1. The van der Waals surface area contributed by atoms with E-state index in [1.54, 1.807) is 4.90 Å². The van der Waals surface area contributed by atoms with Crippen LogP contribution in [0.25, 0.3) is 0 Å². The van der Waals surface area contributed by atoms with E-state index in [1.807, 2.05) is 38.1 Å². The Balaban J connectivity index is 1.95. The number of carbonyl (C=O) groups excluding carboxylic acids is 2. The molecule has 3 N–H and O–H groups in total. The molecule has 5 nitrogen and oxygen atoms in total. The van der Waals surface area contributed by atoms with Crippen molar-refractivity contribution in [2.75, 3.05) is 18.0 Å². The van der Waals surface area contributed by atoms with Crippen LogP contribution in [0.5, 0.6) is 0 Å². The first-order valence-corrected chi connectivity index (χ1v) is 7.96. The summed E-state index contributed by atoms with van der Waals surface area (Å²) in [6.07, 6.45) is 2.77. The van der Waals surface area contributed by atoms with Crippen molar-refractivity contribution < 1.29 is 9.59 Å². The average Bonchev–Trinajstić information content (AvgIpc) is 2.57. The number of nitrogens with two attached hydrogens (primary N) is 1. The highest BCUT2D eigenvalue weighted by molar-refractivity contribution is 5.98. The summed E-state index contributed by atoms with van der Waals surface area (Å²) < 4.78 is 0. The number of amides is 2. The van der Waals surface area contributed by atoms with Crippen molar-refractivity contribution in [2.24, 2.45) is 11.7 Å². The molecule has 5 heteroatoms. The molecule has 0 fully saturated rings. The van der Waals surface area contributed by atoms with Crippen LogP contribution in [0.15, 0.2) is 24.3 Å². The van der Waals surface area contributed by atoms with E-state index in [4.69, 9.17) is 5.73 Å². The van der Waals surface area contributed by atoms with Crippen LogP contribution >= 0.6 is 0 Å². The minimum Gasteiger partial charge on any atom is -0.346 e. The Hall–Kier alpha value is -1.88. The van der Waals surface area contributed by atoms with Gasteiger partial charge in [-0.3, -0.25) is 9.59 Å². The van der Waals surface area contributed by atoms with E-state index in [1.165, 1.54) is 5.56 Å². The fraction of sp³-hybridized carbons (Fsp3) is 0.529. The van der Waals surface area contributed by atoms with Gasteiger partial charge in [-0.1, -0.05) is 38.5 Å². The van der Waals surface area contributed by atoms with Crippen LogP contribution in [0.4, 0.5) is 5.69 Å². The van der Waals surface area contributed by atoms with Crippen LogP contribution < -0.4 is 16.0 Å². The summed E-state index contributed by atoms with van der Waals surface area (Å²) in [5, 5.41) is 2.67. The maximum atomic E-state index is 12.4. The molecule has 2 unspecified atom stereocenters. The molecule has 120 valence electrons. The molecule has 2 atom stereocenters. The van der Waals surface area contributed by atoms with Crippen molar-refractivity contribution in [3.63, 3.8) is 0 Å². The summed E-state index contributed by atoms with van der Waals surface area (Å²) in [6, 6.07) is 7.36. The van der Waals surface area contributed by atoms with E-state index >= 15 is 0 Å². The summed E-state index contributed by atoms with van der Waals surface area (Å²) >= 11 is 0. The van der Waals surface area contributed by atoms with Gasteiger partial charge in [0, 0.05) is 12.2 Å². The van der Waals surface area contributed by atoms with Crippen LogP contribution in [0.3, 0.4) is 0 Å². The molecule has 1 aliphatic heterocycles. The van der Waals surface area contributed by atoms with Crippen molar-refractivity contribution in [3.8, 4) is 0 Å². The van der Waals surface area contributed by atoms with Gasteiger partial charge in [0.15, 0.2) is 0 Å². The first kappa shape index (κ1) is 16.5. The van der Waals surface area contributed by atoms with Gasteiger partial charge in [-0.2, -0.15) is 0 Å². The van der Waals surface area contributed by atoms with E-state index in [-0.39, 0.29) is 24.3 Å². The number of hydrogen-bond acceptors (Lipinski definition) is 3. The SMILES string of the molecule is CCC(C)C(N)C(=O)NCC(=O)N1CCCc2ccccc21. The lowest BCUT2D eigenvalue weighted by molar-refractivity contribution is -0.126. The zero-order valence-corrected chi connectivity index (χ0v) is 13.3. The molecule has 0 spiro atoms. The van der Waals surface area contributed by atoms with E-state index in [2.05, 4.69) is 5.32 Å². The Morgan fingerprint density at radius 1 is 1.36 bits per heavy atom. The molecule has 1 aromatic carbocycles. The number of benzene rings is 1. The summed E-state index contributed by atoms with van der Waals surface area (Å²) in [5.74, 6) is -0.240. The molecule has 1 heterocycles. The third kappa shape index (κ3) is 3.65. The Labute approximate surface area is 131 Å². The van der Waals surface area contributed by atoms with E-state index < -0.39 is 6.04 Å². The summed E-state index contributed by atoms with van der Waals surface area (Å²) in [7, 11) is 0. The predicted molar refractivity (Wildman–Crippen MR) is 87.6 cm³/mol. The van der Waals surface area contributed by atoms with Gasteiger partial charge in [0.2, 0.25) is 11.8 Å². The maximum absolute atomic E-state index is 12.4. The topological polar surface area (TPSA) is 75.4 Å². The highest BCUT2D eigenvalue weighted by atomic mass is 16.2. The predicted octanol–water partition coefficient (Wildman–Crippen LogP) is 1.46. The molecule has 1 aromatic rings. The van der Waals surface area contributed by atoms with E-state index in [0.717, 1.165) is 24.9 Å². The smallest absolute Gasteiger partial charge is 0.246 e. The van der Waals surface area contributed by atoms with Crippen LogP contribution in [-0.4, -0.2) is 30.9 Å². The quantitative estimate of drug-likeness (QED) is 0.864. The van der Waals surface area contributed by atoms with Crippen LogP contribution in [-0.2, 0) is 16.0 Å². The maximum Gasteiger partial charge on any atom is 0.246 e. The lowest BCUT2D eigenvalue weighted by Gasteiger charge is -2.29. The molecule has 0 saturated carbocycles. The zero-order valence-electron chi connectivity index (χ0n) is 13.3. The summed E-state index contributed by atoms with van der Waals surface area (Å²) in [5.41, 5.74) is 8.02. The number of rotatable bonds is 5. The number of carbonyl (C=O) groups is 2. The highest BCUT2D eigenvalue weighted by Crippen LogP contribution is 2.26. The average molecular weight is 303 g/mol. The molecule has 1 aliphatic rings. The van der Waals surface area contributed by atoms with Gasteiger partial charge in [0.25, 0.3) is 0 Å². The molecular weight excluding hydrogens is 278 g/mol. The van der Waals surface area contributed by atoms with Gasteiger partial charge in [0.05, 0.1) is 12.6 Å². The fourth-order valence-corrected chi connectivity index (χ4v) is 2.68. The Morgan fingerprint density at radius 2 is 2.09 bits per heavy atom. The second-order valence-corrected chi connectivity index (χ2v) is 5.91. The number of aryl methyl sites for hydroxylation is 1. The molecule has 2 rings (SSSR count). The van der Waals surface area contributed by atoms with Gasteiger partial charge in [-0.25, -0.2) is 0 Å². The van der Waals surface area contributed by atoms with E-state index in [9.17, 15) is 9.59 Å². The minimum absolute atomic E-state index is 0.00268. The van der Waals surface area contributed by atoms with Gasteiger partial charge < -0.3 is 16.0 Å². The molecule has 0 radical (unpaired) electrons. The van der Waals surface area contributed by atoms with Crippen LogP contribution in [0.1, 0.15) is 32.3 Å². The second kappa shape index (κ2) is 7.40. The number of nitrogens with zero attached hydrogens (tertiary/aromatic N) is 1. The zero-order chi connectivity index (χ0) is 16.1. The Morgan fingerprint density at radius 3 is 2.82 bits per heavy atom. The first-order chi connectivity index (χ1) is 10.5. The minimum atomic E-state index is -0.563. The largest absolute Gasteiger partial charge is 0.346 e. The highest BCUT2D eigenvalue weighted by Gasteiger charge is 2.24. The van der Waals surface area contributed by atoms with Gasteiger partial charge in [-0.15, -0.1) is 0 Å². The molecule has 0 aliphatic carbocycles. The normalized spacial score (nSPS) is 16.6. The fourth-order valence-electron chi connectivity index (χ4n) is 2.68. The van der Waals surface area contributed by atoms with Crippen LogP contribution in [0.2, 0.25) is 0 Å². The van der Waals surface area contributed by atoms with Crippen LogP contribution in [0, 0.1) is 5.92 Å². The third-order valence-electron chi connectivity index (χ3n) is 4.38.